The fraction of sp³-hybridized carbons (Fsp3) is 0.190. The molecule has 8 heteroatoms. The summed E-state index contributed by atoms with van der Waals surface area (Å²) in [6.07, 6.45) is 0. The van der Waals surface area contributed by atoms with E-state index in [0.29, 0.717) is 0 Å². The third-order valence-corrected chi connectivity index (χ3v) is 7.42. The number of hydrogen-bond acceptors (Lipinski definition) is 6. The number of fused-ring (bicyclic) bond motifs is 1. The van der Waals surface area contributed by atoms with Gasteiger partial charge in [0.1, 0.15) is 11.4 Å². The molecule has 0 saturated carbocycles. The van der Waals surface area contributed by atoms with Crippen LogP contribution < -0.4 is 5.32 Å². The molecule has 0 atom stereocenters. The molecule has 0 unspecified atom stereocenters. The quantitative estimate of drug-likeness (QED) is 0.448. The smallest absolute Gasteiger partial charge is 0.321 e. The minimum atomic E-state index is -0.0497. The number of carbonyl (C=O) groups is 1. The zero-order valence-corrected chi connectivity index (χ0v) is 17.9. The zero-order chi connectivity index (χ0) is 19.6. The highest BCUT2D eigenvalue weighted by molar-refractivity contribution is 7.99. The largest absolute Gasteiger partial charge is 0.323 e. The SMILES string of the molecule is O=C(Nc1ccc2nc(-c3cccs3)c(-c3cccs3)nc2c1)N1CCSCC1. The van der Waals surface area contributed by atoms with Gasteiger partial charge in [-0.2, -0.15) is 11.8 Å². The maximum absolute atomic E-state index is 12.5. The van der Waals surface area contributed by atoms with Gasteiger partial charge in [0.15, 0.2) is 0 Å². The number of thiophene rings is 2. The molecule has 0 bridgehead atoms. The highest BCUT2D eigenvalue weighted by Crippen LogP contribution is 2.35. The summed E-state index contributed by atoms with van der Waals surface area (Å²) in [6, 6.07) is 13.9. The summed E-state index contributed by atoms with van der Waals surface area (Å²) in [4.78, 5) is 26.4. The van der Waals surface area contributed by atoms with Gasteiger partial charge in [-0.15, -0.1) is 22.7 Å². The Morgan fingerprint density at radius 3 is 2.17 bits per heavy atom. The van der Waals surface area contributed by atoms with Gasteiger partial charge in [-0.05, 0) is 41.1 Å². The first-order valence-electron chi connectivity index (χ1n) is 9.31. The van der Waals surface area contributed by atoms with Gasteiger partial charge in [0, 0.05) is 30.3 Å². The van der Waals surface area contributed by atoms with Gasteiger partial charge in [-0.3, -0.25) is 0 Å². The fourth-order valence-electron chi connectivity index (χ4n) is 3.27. The molecule has 0 spiro atoms. The summed E-state index contributed by atoms with van der Waals surface area (Å²) < 4.78 is 0. The molecular weight excluding hydrogens is 420 g/mol. The molecule has 4 aromatic rings. The Morgan fingerprint density at radius 1 is 0.897 bits per heavy atom. The monoisotopic (exact) mass is 438 g/mol. The summed E-state index contributed by atoms with van der Waals surface area (Å²) in [6.45, 7) is 1.58. The Kier molecular flexibility index (Phi) is 5.22. The Bertz CT molecular complexity index is 1140. The van der Waals surface area contributed by atoms with E-state index in [1.165, 1.54) is 0 Å². The molecule has 3 aromatic heterocycles. The van der Waals surface area contributed by atoms with Crippen LogP contribution in [0, 0.1) is 0 Å². The molecule has 1 N–H and O–H groups in total. The minimum Gasteiger partial charge on any atom is -0.323 e. The van der Waals surface area contributed by atoms with Crippen molar-refractivity contribution in [1.82, 2.24) is 14.9 Å². The van der Waals surface area contributed by atoms with E-state index in [9.17, 15) is 4.79 Å². The maximum Gasteiger partial charge on any atom is 0.321 e. The van der Waals surface area contributed by atoms with E-state index in [4.69, 9.17) is 9.97 Å². The Labute approximate surface area is 180 Å². The number of urea groups is 1. The van der Waals surface area contributed by atoms with E-state index in [1.54, 1.807) is 22.7 Å². The normalized spacial score (nSPS) is 14.3. The number of aromatic nitrogens is 2. The van der Waals surface area contributed by atoms with Crippen LogP contribution in [0.2, 0.25) is 0 Å². The molecule has 1 aliphatic rings. The molecule has 1 saturated heterocycles. The predicted molar refractivity (Wildman–Crippen MR) is 124 cm³/mol. The summed E-state index contributed by atoms with van der Waals surface area (Å²) in [5.41, 5.74) is 4.13. The summed E-state index contributed by atoms with van der Waals surface area (Å²) >= 11 is 5.20. The number of benzene rings is 1. The van der Waals surface area contributed by atoms with Gasteiger partial charge in [0.25, 0.3) is 0 Å². The van der Waals surface area contributed by atoms with Crippen molar-refractivity contribution < 1.29 is 4.79 Å². The first-order chi connectivity index (χ1) is 14.3. The third-order valence-electron chi connectivity index (χ3n) is 4.72. The lowest BCUT2D eigenvalue weighted by Crippen LogP contribution is -2.40. The molecule has 1 fully saturated rings. The molecule has 146 valence electrons. The van der Waals surface area contributed by atoms with E-state index >= 15 is 0 Å². The Hall–Kier alpha value is -2.42. The van der Waals surface area contributed by atoms with E-state index in [1.807, 2.05) is 52.4 Å². The van der Waals surface area contributed by atoms with Crippen molar-refractivity contribution in [2.45, 2.75) is 0 Å². The van der Waals surface area contributed by atoms with E-state index in [-0.39, 0.29) is 6.03 Å². The van der Waals surface area contributed by atoms with Gasteiger partial charge in [0.05, 0.1) is 20.8 Å². The number of amides is 2. The van der Waals surface area contributed by atoms with Gasteiger partial charge < -0.3 is 10.2 Å². The number of nitrogens with zero attached hydrogens (tertiary/aromatic N) is 3. The lowest BCUT2D eigenvalue weighted by atomic mass is 10.2. The molecule has 1 aromatic carbocycles. The molecule has 5 rings (SSSR count). The van der Waals surface area contributed by atoms with Crippen molar-refractivity contribution >= 4 is 57.2 Å². The highest BCUT2D eigenvalue weighted by atomic mass is 32.2. The molecule has 0 aliphatic carbocycles. The third kappa shape index (κ3) is 3.88. The van der Waals surface area contributed by atoms with Crippen LogP contribution in [0.4, 0.5) is 10.5 Å². The first kappa shape index (κ1) is 18.6. The van der Waals surface area contributed by atoms with Crippen molar-refractivity contribution in [2.75, 3.05) is 29.9 Å². The number of carbonyl (C=O) groups excluding carboxylic acids is 1. The van der Waals surface area contributed by atoms with Gasteiger partial charge >= 0.3 is 6.03 Å². The van der Waals surface area contributed by atoms with Gasteiger partial charge in [-0.25, -0.2) is 14.8 Å². The van der Waals surface area contributed by atoms with Crippen molar-refractivity contribution in [3.8, 4) is 21.1 Å². The van der Waals surface area contributed by atoms with Crippen molar-refractivity contribution in [3.05, 3.63) is 53.2 Å². The molecule has 0 radical (unpaired) electrons. The van der Waals surface area contributed by atoms with E-state index < -0.39 is 0 Å². The summed E-state index contributed by atoms with van der Waals surface area (Å²) in [5, 5.41) is 7.12. The lowest BCUT2D eigenvalue weighted by Gasteiger charge is -2.26. The Balaban J connectivity index is 1.52. The van der Waals surface area contributed by atoms with Crippen molar-refractivity contribution in [3.63, 3.8) is 0 Å². The van der Waals surface area contributed by atoms with Crippen LogP contribution in [0.15, 0.2) is 53.2 Å². The second-order valence-electron chi connectivity index (χ2n) is 6.61. The molecule has 5 nitrogen and oxygen atoms in total. The van der Waals surface area contributed by atoms with Crippen LogP contribution >= 0.6 is 34.4 Å². The number of hydrogen-bond donors (Lipinski definition) is 1. The molecule has 4 heterocycles. The van der Waals surface area contributed by atoms with Crippen LogP contribution in [-0.2, 0) is 0 Å². The van der Waals surface area contributed by atoms with Crippen molar-refractivity contribution in [1.29, 1.82) is 0 Å². The standard InChI is InChI=1S/C21H18N4OS3/c26-21(25-7-11-27-12-8-25)22-14-5-6-15-16(13-14)24-20(18-4-2-10-29-18)19(23-15)17-3-1-9-28-17/h1-6,9-10,13H,7-8,11-12H2,(H,22,26). The second-order valence-corrected chi connectivity index (χ2v) is 9.73. The highest BCUT2D eigenvalue weighted by Gasteiger charge is 2.18. The summed E-state index contributed by atoms with van der Waals surface area (Å²) in [7, 11) is 0. The second kappa shape index (κ2) is 8.14. The minimum absolute atomic E-state index is 0.0497. The van der Waals surface area contributed by atoms with E-state index in [0.717, 1.165) is 62.5 Å². The van der Waals surface area contributed by atoms with Crippen LogP contribution in [0.1, 0.15) is 0 Å². The number of thioether (sulfide) groups is 1. The van der Waals surface area contributed by atoms with Gasteiger partial charge in [0.2, 0.25) is 0 Å². The molecular formula is C21H18N4OS3. The summed E-state index contributed by atoms with van der Waals surface area (Å²) in [5.74, 6) is 1.98. The van der Waals surface area contributed by atoms with Crippen LogP contribution in [0.5, 0.6) is 0 Å². The fourth-order valence-corrected chi connectivity index (χ4v) is 5.60. The van der Waals surface area contributed by atoms with Crippen LogP contribution in [0.25, 0.3) is 32.2 Å². The average Bonchev–Trinajstić information content (AvgIpc) is 3.47. The predicted octanol–water partition coefficient (Wildman–Crippen LogP) is 5.67. The number of rotatable bonds is 3. The molecule has 29 heavy (non-hydrogen) atoms. The van der Waals surface area contributed by atoms with Gasteiger partial charge in [-0.1, -0.05) is 12.1 Å². The Morgan fingerprint density at radius 2 is 1.55 bits per heavy atom. The maximum atomic E-state index is 12.5. The molecule has 2 amide bonds. The van der Waals surface area contributed by atoms with Crippen LogP contribution in [-0.4, -0.2) is 45.5 Å². The topological polar surface area (TPSA) is 58.1 Å². The lowest BCUT2D eigenvalue weighted by molar-refractivity contribution is 0.217. The van der Waals surface area contributed by atoms with Crippen molar-refractivity contribution in [2.24, 2.45) is 0 Å². The van der Waals surface area contributed by atoms with Crippen LogP contribution in [0.3, 0.4) is 0 Å². The van der Waals surface area contributed by atoms with E-state index in [2.05, 4.69) is 22.8 Å². The number of anilines is 1. The molecule has 1 aliphatic heterocycles. The number of nitrogens with one attached hydrogen (secondary N) is 1. The average molecular weight is 439 g/mol. The first-order valence-corrected chi connectivity index (χ1v) is 12.2. The zero-order valence-electron chi connectivity index (χ0n) is 15.5.